The minimum Gasteiger partial charge on any atom is -0.135 e. The molecule has 56 heavy (non-hydrogen) atoms. The van der Waals surface area contributed by atoms with Crippen LogP contribution in [0.25, 0.3) is 97.0 Å². The van der Waals surface area contributed by atoms with Crippen molar-refractivity contribution in [3.63, 3.8) is 0 Å². The third kappa shape index (κ3) is 4.98. The van der Waals surface area contributed by atoms with Crippen molar-refractivity contribution in [3.05, 3.63) is 205 Å². The zero-order chi connectivity index (χ0) is 37.4. The molecular formula is C55H38S. The van der Waals surface area contributed by atoms with Crippen LogP contribution in [0.5, 0.6) is 0 Å². The SMILES string of the molecule is CC1(C)c2cc(-c3ccc(-c4ccccccc(-c5cccc6ccccc56)c5ccccc45)cc3)ccc2-c2c1c1ccccc1c1sc3ccccc3c21. The van der Waals surface area contributed by atoms with Crippen molar-refractivity contribution in [1.82, 2.24) is 0 Å². The second-order valence-corrected chi connectivity index (χ2v) is 16.6. The van der Waals surface area contributed by atoms with Crippen molar-refractivity contribution < 1.29 is 0 Å². The summed E-state index contributed by atoms with van der Waals surface area (Å²) in [5.74, 6) is 0. The first-order valence-corrected chi connectivity index (χ1v) is 20.3. The molecule has 1 aliphatic rings. The van der Waals surface area contributed by atoms with E-state index in [1.54, 1.807) is 0 Å². The van der Waals surface area contributed by atoms with Crippen molar-refractivity contribution in [1.29, 1.82) is 0 Å². The maximum atomic E-state index is 2.47. The Balaban J connectivity index is 1.06. The molecule has 0 spiro atoms. The van der Waals surface area contributed by atoms with Gasteiger partial charge in [0.15, 0.2) is 0 Å². The van der Waals surface area contributed by atoms with Crippen LogP contribution < -0.4 is 0 Å². The molecule has 1 aliphatic carbocycles. The average Bonchev–Trinajstić information content (AvgIpc) is 3.75. The summed E-state index contributed by atoms with van der Waals surface area (Å²) in [6.07, 6.45) is 0. The van der Waals surface area contributed by atoms with Gasteiger partial charge in [0.2, 0.25) is 0 Å². The van der Waals surface area contributed by atoms with Gasteiger partial charge in [0.1, 0.15) is 0 Å². The molecule has 264 valence electrons. The van der Waals surface area contributed by atoms with Gasteiger partial charge in [0, 0.05) is 25.6 Å². The molecule has 0 aliphatic heterocycles. The van der Waals surface area contributed by atoms with Gasteiger partial charge in [-0.05, 0) is 100 Å². The van der Waals surface area contributed by atoms with E-state index in [1.807, 2.05) is 11.3 Å². The van der Waals surface area contributed by atoms with Crippen LogP contribution in [0.3, 0.4) is 0 Å². The number of fused-ring (bicyclic) bond motifs is 12. The molecule has 11 rings (SSSR count). The fourth-order valence-electron chi connectivity index (χ4n) is 9.51. The number of rotatable bonds is 3. The molecular weight excluding hydrogens is 693 g/mol. The fourth-order valence-corrected chi connectivity index (χ4v) is 10.8. The Morgan fingerprint density at radius 1 is 0.375 bits per heavy atom. The smallest absolute Gasteiger partial charge is 0.0440 e. The number of hydrogen-bond acceptors (Lipinski definition) is 1. The van der Waals surface area contributed by atoms with Crippen LogP contribution in [-0.4, -0.2) is 0 Å². The van der Waals surface area contributed by atoms with E-state index in [4.69, 9.17) is 0 Å². The predicted octanol–water partition coefficient (Wildman–Crippen LogP) is 15.9. The second kappa shape index (κ2) is 12.8. The molecule has 0 nitrogen and oxygen atoms in total. The maximum Gasteiger partial charge on any atom is 0.0440 e. The molecule has 0 atom stereocenters. The van der Waals surface area contributed by atoms with Gasteiger partial charge in [-0.3, -0.25) is 0 Å². The Morgan fingerprint density at radius 2 is 0.911 bits per heavy atom. The normalized spacial score (nSPS) is 13.0. The molecule has 10 aromatic rings. The van der Waals surface area contributed by atoms with E-state index >= 15 is 0 Å². The minimum atomic E-state index is -0.155. The standard InChI is InChI=1S/C55H38S/c1-55(2)49-34-38(32-33-47(49)51-52-48-25-13-14-27-50(48)56-54(52)46-24-12-11-23-45(46)53(51)55)35-28-30-37(31-29-35)40-18-5-3-4-6-20-43(44-22-10-9-21-41(40)44)42-26-15-17-36-16-7-8-19-39(36)42/h3-34H,1-2H3. The van der Waals surface area contributed by atoms with Crippen molar-refractivity contribution in [3.8, 4) is 44.5 Å². The molecule has 0 N–H and O–H groups in total. The summed E-state index contributed by atoms with van der Waals surface area (Å²) in [7, 11) is 0. The lowest BCUT2D eigenvalue weighted by Crippen LogP contribution is -2.15. The van der Waals surface area contributed by atoms with Crippen molar-refractivity contribution in [2.45, 2.75) is 19.3 Å². The predicted molar refractivity (Wildman–Crippen MR) is 243 cm³/mol. The Bertz CT molecular complexity index is 3260. The number of hydrogen-bond donors (Lipinski definition) is 0. The highest BCUT2D eigenvalue weighted by Gasteiger charge is 2.39. The zero-order valence-electron chi connectivity index (χ0n) is 31.4. The van der Waals surface area contributed by atoms with Crippen molar-refractivity contribution >= 4 is 63.8 Å². The Morgan fingerprint density at radius 3 is 1.70 bits per heavy atom. The second-order valence-electron chi connectivity index (χ2n) is 15.6. The average molecular weight is 731 g/mol. The molecule has 9 aromatic carbocycles. The van der Waals surface area contributed by atoms with Crippen LogP contribution in [0.15, 0.2) is 194 Å². The van der Waals surface area contributed by atoms with Gasteiger partial charge in [-0.2, -0.15) is 0 Å². The summed E-state index contributed by atoms with van der Waals surface area (Å²) in [6.45, 7) is 4.84. The summed E-state index contributed by atoms with van der Waals surface area (Å²) < 4.78 is 2.75. The van der Waals surface area contributed by atoms with Crippen LogP contribution in [0, 0.1) is 0 Å². The van der Waals surface area contributed by atoms with E-state index in [0.717, 1.165) is 0 Å². The highest BCUT2D eigenvalue weighted by Crippen LogP contribution is 2.57. The topological polar surface area (TPSA) is 0 Å². The first-order valence-electron chi connectivity index (χ1n) is 19.5. The van der Waals surface area contributed by atoms with E-state index < -0.39 is 0 Å². The maximum absolute atomic E-state index is 2.47. The van der Waals surface area contributed by atoms with Gasteiger partial charge in [-0.1, -0.05) is 196 Å². The van der Waals surface area contributed by atoms with Gasteiger partial charge < -0.3 is 0 Å². The third-order valence-electron chi connectivity index (χ3n) is 12.1. The van der Waals surface area contributed by atoms with Gasteiger partial charge in [-0.25, -0.2) is 0 Å². The molecule has 1 heteroatoms. The summed E-state index contributed by atoms with van der Waals surface area (Å²) >= 11 is 1.93. The van der Waals surface area contributed by atoms with Gasteiger partial charge >= 0.3 is 0 Å². The highest BCUT2D eigenvalue weighted by molar-refractivity contribution is 7.26. The molecule has 0 radical (unpaired) electrons. The molecule has 1 aromatic heterocycles. The van der Waals surface area contributed by atoms with E-state index in [-0.39, 0.29) is 5.41 Å². The van der Waals surface area contributed by atoms with Gasteiger partial charge in [0.05, 0.1) is 0 Å². The van der Waals surface area contributed by atoms with E-state index in [9.17, 15) is 0 Å². The number of thiophene rings is 1. The highest BCUT2D eigenvalue weighted by atomic mass is 32.1. The quantitative estimate of drug-likeness (QED) is 0.170. The summed E-state index contributed by atoms with van der Waals surface area (Å²) in [6, 6.07) is 71.6. The monoisotopic (exact) mass is 730 g/mol. The minimum absolute atomic E-state index is 0.155. The Kier molecular flexibility index (Phi) is 7.49. The number of benzene rings is 8. The summed E-state index contributed by atoms with van der Waals surface area (Å²) in [4.78, 5) is 0. The van der Waals surface area contributed by atoms with Gasteiger partial charge in [0.25, 0.3) is 0 Å². The fraction of sp³-hybridized carbons (Fsp3) is 0.0545. The lowest BCUT2D eigenvalue weighted by atomic mass is 9.79. The van der Waals surface area contributed by atoms with Crippen LogP contribution in [-0.2, 0) is 5.41 Å². The molecule has 0 unspecified atom stereocenters. The lowest BCUT2D eigenvalue weighted by molar-refractivity contribution is 0.667. The molecule has 1 heterocycles. The molecule has 0 bridgehead atoms. The van der Waals surface area contributed by atoms with Gasteiger partial charge in [-0.15, -0.1) is 11.3 Å². The molecule has 0 fully saturated rings. The zero-order valence-corrected chi connectivity index (χ0v) is 32.2. The molecule has 0 saturated heterocycles. The Labute approximate surface area is 331 Å². The largest absolute Gasteiger partial charge is 0.135 e. The lowest BCUT2D eigenvalue weighted by Gasteiger charge is -2.24. The molecule has 0 saturated carbocycles. The van der Waals surface area contributed by atoms with Crippen LogP contribution in [0.1, 0.15) is 25.0 Å². The van der Waals surface area contributed by atoms with E-state index in [2.05, 4.69) is 208 Å². The van der Waals surface area contributed by atoms with Crippen LogP contribution in [0.4, 0.5) is 0 Å². The van der Waals surface area contributed by atoms with E-state index in [0.29, 0.717) is 0 Å². The first kappa shape index (κ1) is 32.9. The third-order valence-corrected chi connectivity index (χ3v) is 13.3. The molecule has 0 amide bonds. The summed E-state index contributed by atoms with van der Waals surface area (Å²) in [5, 5.41) is 10.4. The Hall–Kier alpha value is -6.54. The summed E-state index contributed by atoms with van der Waals surface area (Å²) in [5.41, 5.74) is 12.8. The van der Waals surface area contributed by atoms with E-state index in [1.165, 1.54) is 108 Å². The first-order chi connectivity index (χ1) is 27.6. The van der Waals surface area contributed by atoms with Crippen LogP contribution >= 0.6 is 11.3 Å². The van der Waals surface area contributed by atoms with Crippen molar-refractivity contribution in [2.75, 3.05) is 0 Å². The van der Waals surface area contributed by atoms with Crippen LogP contribution in [0.2, 0.25) is 0 Å². The van der Waals surface area contributed by atoms with Crippen molar-refractivity contribution in [2.24, 2.45) is 0 Å².